The Balaban J connectivity index is 1.59. The lowest BCUT2D eigenvalue weighted by Gasteiger charge is -2.29. The molecule has 0 bridgehead atoms. The molecule has 3 aromatic rings. The third kappa shape index (κ3) is 4.67. The van der Waals surface area contributed by atoms with Crippen LogP contribution in [0, 0.1) is 0 Å². The van der Waals surface area contributed by atoms with E-state index in [1.54, 1.807) is 19.1 Å². The number of amides is 1. The first-order chi connectivity index (χ1) is 15.7. The smallest absolute Gasteiger partial charge is 0.410 e. The van der Waals surface area contributed by atoms with Crippen LogP contribution in [0.3, 0.4) is 0 Å². The van der Waals surface area contributed by atoms with E-state index < -0.39 is 5.60 Å². The number of hydrogen-bond acceptors (Lipinski definition) is 5. The summed E-state index contributed by atoms with van der Waals surface area (Å²) < 4.78 is 18.4. The Labute approximate surface area is 194 Å². The largest absolute Gasteiger partial charge is 0.493 e. The number of carbonyl (C=O) groups excluding carboxylic acids is 1. The molecule has 1 aromatic heterocycles. The molecule has 174 valence electrons. The Morgan fingerprint density at radius 1 is 1.00 bits per heavy atom. The number of imidazole rings is 1. The van der Waals surface area contributed by atoms with Crippen molar-refractivity contribution in [3.8, 4) is 22.9 Å². The zero-order chi connectivity index (χ0) is 23.8. The molecule has 1 amide bonds. The van der Waals surface area contributed by atoms with Crippen LogP contribution in [0.2, 0.25) is 0 Å². The molecule has 0 aliphatic carbocycles. The minimum atomic E-state index is -0.489. The quantitative estimate of drug-likeness (QED) is 0.542. The fourth-order valence-corrected chi connectivity index (χ4v) is 4.06. The Bertz CT molecular complexity index is 1220. The lowest BCUT2D eigenvalue weighted by molar-refractivity contribution is 0.0270. The molecule has 2 aromatic carbocycles. The van der Waals surface area contributed by atoms with Gasteiger partial charge in [0.25, 0.3) is 0 Å². The molecular weight excluding hydrogens is 418 g/mol. The molecule has 4 rings (SSSR count). The molecule has 0 saturated carbocycles. The third-order valence-electron chi connectivity index (χ3n) is 5.75. The zero-order valence-corrected chi connectivity index (χ0v) is 20.1. The molecule has 0 spiro atoms. The van der Waals surface area contributed by atoms with Gasteiger partial charge in [-0.05, 0) is 68.7 Å². The Kier molecular flexibility index (Phi) is 6.06. The van der Waals surface area contributed by atoms with Crippen LogP contribution < -0.4 is 9.47 Å². The fraction of sp³-hybridized carbons (Fsp3) is 0.385. The zero-order valence-electron chi connectivity index (χ0n) is 20.1. The fourth-order valence-electron chi connectivity index (χ4n) is 4.06. The van der Waals surface area contributed by atoms with Crippen molar-refractivity contribution in [2.75, 3.05) is 27.3 Å². The van der Waals surface area contributed by atoms with Gasteiger partial charge in [-0.2, -0.15) is 0 Å². The number of hydrogen-bond donors (Lipinski definition) is 0. The lowest BCUT2D eigenvalue weighted by atomic mass is 9.99. The van der Waals surface area contributed by atoms with Gasteiger partial charge in [0.15, 0.2) is 11.5 Å². The van der Waals surface area contributed by atoms with Crippen molar-refractivity contribution >= 4 is 22.7 Å². The molecule has 0 atom stereocenters. The van der Waals surface area contributed by atoms with E-state index in [4.69, 9.17) is 19.2 Å². The van der Waals surface area contributed by atoms with E-state index in [9.17, 15) is 4.79 Å². The Morgan fingerprint density at radius 3 is 2.36 bits per heavy atom. The van der Waals surface area contributed by atoms with Gasteiger partial charge < -0.3 is 23.7 Å². The van der Waals surface area contributed by atoms with Gasteiger partial charge in [-0.1, -0.05) is 12.1 Å². The predicted molar refractivity (Wildman–Crippen MR) is 130 cm³/mol. The average molecular weight is 450 g/mol. The van der Waals surface area contributed by atoms with Crippen LogP contribution in [0.15, 0.2) is 42.5 Å². The summed E-state index contributed by atoms with van der Waals surface area (Å²) in [6.07, 6.45) is 2.62. The van der Waals surface area contributed by atoms with E-state index in [0.29, 0.717) is 24.6 Å². The van der Waals surface area contributed by atoms with Crippen molar-refractivity contribution in [3.63, 3.8) is 0 Å². The summed E-state index contributed by atoms with van der Waals surface area (Å²) in [4.78, 5) is 19.0. The normalized spacial score (nSPS) is 14.2. The van der Waals surface area contributed by atoms with Crippen LogP contribution in [0.5, 0.6) is 11.5 Å². The molecule has 33 heavy (non-hydrogen) atoms. The molecule has 1 aliphatic rings. The van der Waals surface area contributed by atoms with Crippen LogP contribution in [0.25, 0.3) is 28.0 Å². The topological polar surface area (TPSA) is 65.8 Å². The van der Waals surface area contributed by atoms with E-state index in [-0.39, 0.29) is 6.09 Å². The van der Waals surface area contributed by atoms with Crippen LogP contribution >= 0.6 is 0 Å². The molecule has 2 heterocycles. The van der Waals surface area contributed by atoms with Crippen molar-refractivity contribution < 1.29 is 19.0 Å². The van der Waals surface area contributed by atoms with Crippen molar-refractivity contribution in [2.45, 2.75) is 32.8 Å². The molecule has 0 radical (unpaired) electrons. The molecular formula is C26H31N3O4. The highest BCUT2D eigenvalue weighted by Crippen LogP contribution is 2.34. The first-order valence-electron chi connectivity index (χ1n) is 11.1. The maximum Gasteiger partial charge on any atom is 0.410 e. The lowest BCUT2D eigenvalue weighted by Crippen LogP contribution is -2.39. The molecule has 7 nitrogen and oxygen atoms in total. The highest BCUT2D eigenvalue weighted by molar-refractivity contribution is 5.85. The van der Waals surface area contributed by atoms with Crippen molar-refractivity contribution in [2.24, 2.45) is 7.05 Å². The van der Waals surface area contributed by atoms with Crippen molar-refractivity contribution in [1.82, 2.24) is 14.5 Å². The summed E-state index contributed by atoms with van der Waals surface area (Å²) in [6.45, 7) is 6.83. The minimum Gasteiger partial charge on any atom is -0.493 e. The molecule has 0 saturated heterocycles. The molecule has 0 N–H and O–H groups in total. The SMILES string of the molecule is COc1ccc(-c2nc3cc(C4=CCN(C(=O)OC(C)(C)C)CC4)ccc3n2C)cc1OC. The number of rotatable bonds is 4. The van der Waals surface area contributed by atoms with Gasteiger partial charge in [0, 0.05) is 25.7 Å². The Morgan fingerprint density at radius 2 is 1.73 bits per heavy atom. The van der Waals surface area contributed by atoms with E-state index in [2.05, 4.69) is 28.8 Å². The van der Waals surface area contributed by atoms with Gasteiger partial charge in [0.2, 0.25) is 0 Å². The summed E-state index contributed by atoms with van der Waals surface area (Å²) in [7, 11) is 5.27. The summed E-state index contributed by atoms with van der Waals surface area (Å²) in [5.41, 5.74) is 4.79. The van der Waals surface area contributed by atoms with Crippen LogP contribution in [-0.4, -0.2) is 53.5 Å². The number of aryl methyl sites for hydroxylation is 1. The predicted octanol–water partition coefficient (Wildman–Crippen LogP) is 5.28. The van der Waals surface area contributed by atoms with Gasteiger partial charge in [-0.15, -0.1) is 0 Å². The van der Waals surface area contributed by atoms with E-state index in [1.807, 2.05) is 46.0 Å². The monoisotopic (exact) mass is 449 g/mol. The number of carbonyl (C=O) groups is 1. The highest BCUT2D eigenvalue weighted by Gasteiger charge is 2.24. The van der Waals surface area contributed by atoms with Crippen LogP contribution in [-0.2, 0) is 11.8 Å². The first kappa shape index (κ1) is 22.7. The number of fused-ring (bicyclic) bond motifs is 1. The second-order valence-corrected chi connectivity index (χ2v) is 9.17. The Hall–Kier alpha value is -3.48. The van der Waals surface area contributed by atoms with E-state index in [1.165, 1.54) is 5.57 Å². The van der Waals surface area contributed by atoms with Crippen LogP contribution in [0.1, 0.15) is 32.8 Å². The maximum atomic E-state index is 12.3. The van der Waals surface area contributed by atoms with E-state index >= 15 is 0 Å². The number of ether oxygens (including phenoxy) is 3. The van der Waals surface area contributed by atoms with Crippen LogP contribution in [0.4, 0.5) is 4.79 Å². The number of nitrogens with zero attached hydrogens (tertiary/aromatic N) is 3. The molecule has 0 unspecified atom stereocenters. The van der Waals surface area contributed by atoms with Gasteiger partial charge in [-0.3, -0.25) is 0 Å². The van der Waals surface area contributed by atoms with Crippen molar-refractivity contribution in [1.29, 1.82) is 0 Å². The molecule has 1 aliphatic heterocycles. The standard InChI is InChI=1S/C26H31N3O4/c1-26(2,3)33-25(30)29-13-11-17(12-14-29)18-7-9-21-20(15-18)27-24(28(21)4)19-8-10-22(31-5)23(16-19)32-6/h7-11,15-16H,12-14H2,1-6H3. The van der Waals surface area contributed by atoms with Crippen molar-refractivity contribution in [3.05, 3.63) is 48.0 Å². The maximum absolute atomic E-state index is 12.3. The second kappa shape index (κ2) is 8.81. The first-order valence-corrected chi connectivity index (χ1v) is 11.1. The summed E-state index contributed by atoms with van der Waals surface area (Å²) >= 11 is 0. The van der Waals surface area contributed by atoms with E-state index in [0.717, 1.165) is 34.4 Å². The van der Waals surface area contributed by atoms with Gasteiger partial charge in [0.1, 0.15) is 11.4 Å². The van der Waals surface area contributed by atoms with Gasteiger partial charge in [-0.25, -0.2) is 9.78 Å². The second-order valence-electron chi connectivity index (χ2n) is 9.17. The highest BCUT2D eigenvalue weighted by atomic mass is 16.6. The van der Waals surface area contributed by atoms with Gasteiger partial charge >= 0.3 is 6.09 Å². The number of methoxy groups -OCH3 is 2. The summed E-state index contributed by atoms with van der Waals surface area (Å²) in [5, 5.41) is 0. The average Bonchev–Trinajstić information content (AvgIpc) is 3.13. The molecule has 7 heteroatoms. The molecule has 0 fully saturated rings. The third-order valence-corrected chi connectivity index (χ3v) is 5.75. The van der Waals surface area contributed by atoms with Gasteiger partial charge in [0.05, 0.1) is 25.3 Å². The summed E-state index contributed by atoms with van der Waals surface area (Å²) in [5.74, 6) is 2.22. The number of benzene rings is 2. The summed E-state index contributed by atoms with van der Waals surface area (Å²) in [6, 6.07) is 12.2. The minimum absolute atomic E-state index is 0.266. The number of aromatic nitrogens is 2.